The van der Waals surface area contributed by atoms with Gasteiger partial charge in [0.1, 0.15) is 5.78 Å². The summed E-state index contributed by atoms with van der Waals surface area (Å²) in [7, 11) is 1.44. The van der Waals surface area contributed by atoms with E-state index in [-0.39, 0.29) is 39.8 Å². The van der Waals surface area contributed by atoms with E-state index in [1.54, 1.807) is 0 Å². The maximum absolute atomic E-state index is 14.3. The van der Waals surface area contributed by atoms with Crippen LogP contribution in [0.3, 0.4) is 0 Å². The molecule has 0 aromatic carbocycles. The summed E-state index contributed by atoms with van der Waals surface area (Å²) in [4.78, 5) is 27.0. The number of hydrogen-bond donors (Lipinski definition) is 0. The molecule has 6 aliphatic rings. The summed E-state index contributed by atoms with van der Waals surface area (Å²) < 4.78 is 5.03. The van der Waals surface area contributed by atoms with Gasteiger partial charge in [0.2, 0.25) is 0 Å². The molecule has 7 atom stereocenters. The lowest BCUT2D eigenvalue weighted by Gasteiger charge is -2.62. The second-order valence-corrected chi connectivity index (χ2v) is 10.5. The number of hydrogen-bond acceptors (Lipinski definition) is 4. The van der Waals surface area contributed by atoms with Crippen LogP contribution in [0.4, 0.5) is 0 Å². The van der Waals surface area contributed by atoms with Crippen LogP contribution in [-0.4, -0.2) is 42.6 Å². The van der Waals surface area contributed by atoms with Crippen LogP contribution in [0, 0.1) is 33.8 Å². The molecule has 0 aromatic heterocycles. The number of hydroxylamine groups is 3. The largest absolute Gasteiger partial charge is 0.633 e. The molecule has 2 aliphatic heterocycles. The maximum atomic E-state index is 14.3. The molecule has 4 aliphatic carbocycles. The zero-order chi connectivity index (χ0) is 19.6. The molecule has 0 radical (unpaired) electrons. The Morgan fingerprint density at radius 2 is 2.04 bits per heavy atom. The Kier molecular flexibility index (Phi) is 3.10. The van der Waals surface area contributed by atoms with Crippen molar-refractivity contribution in [2.75, 3.05) is 20.2 Å². The molecule has 150 valence electrons. The highest BCUT2D eigenvalue weighted by Crippen LogP contribution is 2.74. The number of fused-ring (bicyclic) bond motifs is 1. The lowest BCUT2D eigenvalue weighted by atomic mass is 9.45. The van der Waals surface area contributed by atoms with E-state index >= 15 is 0 Å². The molecule has 1 saturated carbocycles. The molecular weight excluding hydrogens is 354 g/mol. The molecule has 0 N–H and O–H groups in total. The van der Waals surface area contributed by atoms with Crippen LogP contribution < -0.4 is 0 Å². The van der Waals surface area contributed by atoms with Gasteiger partial charge in [-0.25, -0.2) is 4.79 Å². The molecule has 5 nitrogen and oxygen atoms in total. The Labute approximate surface area is 166 Å². The highest BCUT2D eigenvalue weighted by Gasteiger charge is 2.78. The first kappa shape index (κ1) is 17.4. The van der Waals surface area contributed by atoms with Crippen LogP contribution in [0.25, 0.3) is 0 Å². The number of carbonyl (C=O) groups is 2. The lowest BCUT2D eigenvalue weighted by molar-refractivity contribution is -0.908. The monoisotopic (exact) mass is 383 g/mol. The van der Waals surface area contributed by atoms with E-state index in [0.717, 1.165) is 43.3 Å². The van der Waals surface area contributed by atoms with E-state index in [9.17, 15) is 14.8 Å². The molecule has 28 heavy (non-hydrogen) atoms. The van der Waals surface area contributed by atoms with Gasteiger partial charge in [0, 0.05) is 35.2 Å². The van der Waals surface area contributed by atoms with Gasteiger partial charge in [0.05, 0.1) is 31.7 Å². The summed E-state index contributed by atoms with van der Waals surface area (Å²) in [5.74, 6) is 0.405. The summed E-state index contributed by atoms with van der Waals surface area (Å²) in [6.07, 6.45) is 5.03. The number of rotatable bonds is 1. The van der Waals surface area contributed by atoms with E-state index in [0.29, 0.717) is 25.3 Å². The molecule has 6 rings (SSSR count). The van der Waals surface area contributed by atoms with Crippen molar-refractivity contribution in [2.45, 2.75) is 58.4 Å². The van der Waals surface area contributed by atoms with Gasteiger partial charge in [-0.2, -0.15) is 0 Å². The fourth-order valence-electron chi connectivity index (χ4n) is 8.80. The van der Waals surface area contributed by atoms with Crippen molar-refractivity contribution in [3.05, 3.63) is 27.5 Å². The molecule has 2 heterocycles. The van der Waals surface area contributed by atoms with Crippen molar-refractivity contribution >= 4 is 11.8 Å². The minimum Gasteiger partial charge on any atom is -0.633 e. The van der Waals surface area contributed by atoms with Crippen molar-refractivity contribution in [1.82, 2.24) is 0 Å². The second kappa shape index (κ2) is 4.99. The Bertz CT molecular complexity index is 902. The topological polar surface area (TPSA) is 66.4 Å². The Morgan fingerprint density at radius 3 is 2.79 bits per heavy atom. The number of carbonyl (C=O) groups excluding carboxylic acids is 2. The van der Waals surface area contributed by atoms with E-state index in [4.69, 9.17) is 4.74 Å². The van der Waals surface area contributed by atoms with Gasteiger partial charge < -0.3 is 14.6 Å². The smallest absolute Gasteiger partial charge is 0.334 e. The SMILES string of the molecule is COC(=O)C1=C2CCC3=C2C2(C1)C(=O)C1CC4C2(C)C(CC3)C[N+]4([O-])CC1C. The normalized spacial score (nSPS) is 50.8. The number of piperidine rings is 1. The van der Waals surface area contributed by atoms with Gasteiger partial charge in [0.25, 0.3) is 0 Å². The van der Waals surface area contributed by atoms with Gasteiger partial charge >= 0.3 is 5.97 Å². The average molecular weight is 383 g/mol. The fraction of sp³-hybridized carbons (Fsp3) is 0.739. The van der Waals surface area contributed by atoms with Gasteiger partial charge in [-0.1, -0.05) is 19.4 Å². The van der Waals surface area contributed by atoms with Crippen molar-refractivity contribution < 1.29 is 19.0 Å². The zero-order valence-electron chi connectivity index (χ0n) is 17.0. The first-order chi connectivity index (χ1) is 13.3. The van der Waals surface area contributed by atoms with Crippen LogP contribution in [-0.2, 0) is 14.3 Å². The van der Waals surface area contributed by atoms with Crippen LogP contribution in [0.15, 0.2) is 22.3 Å². The number of quaternary nitrogens is 1. The van der Waals surface area contributed by atoms with Crippen LogP contribution >= 0.6 is 0 Å². The lowest BCUT2D eigenvalue weighted by Crippen LogP contribution is -2.68. The van der Waals surface area contributed by atoms with E-state index in [2.05, 4.69) is 13.8 Å². The Balaban J connectivity index is 1.65. The van der Waals surface area contributed by atoms with Gasteiger partial charge in [-0.15, -0.1) is 0 Å². The minimum absolute atomic E-state index is 0.0119. The predicted molar refractivity (Wildman–Crippen MR) is 103 cm³/mol. The molecule has 0 aromatic rings. The molecule has 1 spiro atoms. The van der Waals surface area contributed by atoms with Crippen LogP contribution in [0.1, 0.15) is 52.4 Å². The van der Waals surface area contributed by atoms with E-state index in [1.807, 2.05) is 0 Å². The third-order valence-electron chi connectivity index (χ3n) is 9.87. The number of methoxy groups -OCH3 is 1. The molecule has 2 bridgehead atoms. The Morgan fingerprint density at radius 1 is 1.25 bits per heavy atom. The minimum atomic E-state index is -0.661. The summed E-state index contributed by atoms with van der Waals surface area (Å²) >= 11 is 0. The molecular formula is C23H29NO4. The number of esters is 1. The van der Waals surface area contributed by atoms with Gasteiger partial charge in [0.15, 0.2) is 0 Å². The van der Waals surface area contributed by atoms with Crippen molar-refractivity contribution in [3.8, 4) is 0 Å². The van der Waals surface area contributed by atoms with Crippen LogP contribution in [0.2, 0.25) is 0 Å². The fourth-order valence-corrected chi connectivity index (χ4v) is 8.80. The van der Waals surface area contributed by atoms with Crippen LogP contribution in [0.5, 0.6) is 0 Å². The second-order valence-electron chi connectivity index (χ2n) is 10.5. The number of ether oxygens (including phenoxy) is 1. The molecule has 2 saturated heterocycles. The van der Waals surface area contributed by atoms with Crippen molar-refractivity contribution in [2.24, 2.45) is 28.6 Å². The molecule has 3 fully saturated rings. The average Bonchev–Trinajstić information content (AvgIpc) is 3.26. The Hall–Kier alpha value is -1.46. The van der Waals surface area contributed by atoms with E-state index < -0.39 is 5.41 Å². The van der Waals surface area contributed by atoms with Gasteiger partial charge in [-0.3, -0.25) is 4.79 Å². The molecule has 0 amide bonds. The molecule has 7 unspecified atom stereocenters. The highest BCUT2D eigenvalue weighted by molar-refractivity contribution is 6.01. The summed E-state index contributed by atoms with van der Waals surface area (Å²) in [6.45, 7) is 5.58. The number of nitrogens with zero attached hydrogens (tertiary/aromatic N) is 1. The summed E-state index contributed by atoms with van der Waals surface area (Å²) in [6, 6.07) is -0.0119. The number of allylic oxidation sites excluding steroid dienone is 3. The third-order valence-corrected chi connectivity index (χ3v) is 9.87. The number of Topliss-reactive ketones (excluding diaryl/α,β-unsaturated/α-hetero) is 1. The van der Waals surface area contributed by atoms with Crippen molar-refractivity contribution in [3.63, 3.8) is 0 Å². The van der Waals surface area contributed by atoms with E-state index in [1.165, 1.54) is 18.3 Å². The van der Waals surface area contributed by atoms with Gasteiger partial charge in [-0.05, 0) is 43.3 Å². The number of ketones is 1. The summed E-state index contributed by atoms with van der Waals surface area (Å²) in [5, 5.41) is 14.0. The first-order valence-electron chi connectivity index (χ1n) is 10.9. The standard InChI is InChI=1S/C23H29NO4/c1-12-10-24(27)11-14-6-4-13-5-7-15-17(21(26)28-3)9-23(19(13)15)20(25)16(12)8-18(24)22(14,23)2/h12,14,16,18H,4-11H2,1-3H3. The third kappa shape index (κ3) is 1.59. The zero-order valence-corrected chi connectivity index (χ0v) is 17.0. The maximum Gasteiger partial charge on any atom is 0.334 e. The quantitative estimate of drug-likeness (QED) is 0.396. The molecule has 5 heteroatoms. The highest BCUT2D eigenvalue weighted by atomic mass is 16.6. The predicted octanol–water partition coefficient (Wildman–Crippen LogP) is 3.29. The first-order valence-corrected chi connectivity index (χ1v) is 10.9. The summed E-state index contributed by atoms with van der Waals surface area (Å²) in [5.41, 5.74) is 3.41. The van der Waals surface area contributed by atoms with Crippen molar-refractivity contribution in [1.29, 1.82) is 0 Å².